The highest BCUT2D eigenvalue weighted by Crippen LogP contribution is 2.32. The highest BCUT2D eigenvalue weighted by atomic mass is 35.5. The van der Waals surface area contributed by atoms with Crippen LogP contribution in [0.1, 0.15) is 33.6 Å². The van der Waals surface area contributed by atoms with Gasteiger partial charge in [-0.15, -0.1) is 12.4 Å². The molecule has 1 aliphatic rings. The predicted octanol–water partition coefficient (Wildman–Crippen LogP) is 2.22. The first-order chi connectivity index (χ1) is 5.51. The van der Waals surface area contributed by atoms with Gasteiger partial charge in [-0.1, -0.05) is 0 Å². The second-order valence-electron chi connectivity index (χ2n) is 4.75. The lowest BCUT2D eigenvalue weighted by Gasteiger charge is -2.39. The fourth-order valence-corrected chi connectivity index (χ4v) is 1.73. The number of ether oxygens (including phenoxy) is 1. The molecule has 0 atom stereocenters. The van der Waals surface area contributed by atoms with Crippen molar-refractivity contribution in [2.24, 2.45) is 5.92 Å². The molecule has 1 saturated carbocycles. The molecule has 0 aliphatic heterocycles. The van der Waals surface area contributed by atoms with E-state index in [9.17, 15) is 0 Å². The maximum absolute atomic E-state index is 5.82. The van der Waals surface area contributed by atoms with Gasteiger partial charge in [0.2, 0.25) is 0 Å². The average molecular weight is 208 g/mol. The Hall–Kier alpha value is 0.210. The van der Waals surface area contributed by atoms with Gasteiger partial charge in [0.05, 0.1) is 11.7 Å². The van der Waals surface area contributed by atoms with E-state index < -0.39 is 0 Å². The molecular formula is C10H22ClNO. The highest BCUT2D eigenvalue weighted by Gasteiger charge is 2.31. The third kappa shape index (κ3) is 4.84. The molecule has 0 bridgehead atoms. The maximum atomic E-state index is 5.82. The zero-order chi connectivity index (χ0) is 9.19. The molecule has 1 aliphatic carbocycles. The van der Waals surface area contributed by atoms with Crippen LogP contribution in [0, 0.1) is 5.92 Å². The van der Waals surface area contributed by atoms with Crippen LogP contribution in [0.3, 0.4) is 0 Å². The zero-order valence-electron chi connectivity index (χ0n) is 9.09. The lowest BCUT2D eigenvalue weighted by molar-refractivity contribution is -0.111. The Balaban J connectivity index is 0.00000144. The summed E-state index contributed by atoms with van der Waals surface area (Å²) in [5.74, 6) is 0.849. The number of rotatable bonds is 3. The average Bonchev–Trinajstić information content (AvgIpc) is 1.80. The van der Waals surface area contributed by atoms with E-state index >= 15 is 0 Å². The third-order valence-electron chi connectivity index (χ3n) is 2.21. The molecule has 0 spiro atoms. The Morgan fingerprint density at radius 1 is 1.31 bits per heavy atom. The molecule has 0 saturated heterocycles. The van der Waals surface area contributed by atoms with Crippen molar-refractivity contribution < 1.29 is 4.74 Å². The molecule has 1 rings (SSSR count). The Labute approximate surface area is 87.8 Å². The first-order valence-electron chi connectivity index (χ1n) is 4.83. The van der Waals surface area contributed by atoms with Crippen LogP contribution in [0.15, 0.2) is 0 Å². The van der Waals surface area contributed by atoms with Gasteiger partial charge in [-0.3, -0.25) is 0 Å². The summed E-state index contributed by atoms with van der Waals surface area (Å²) in [7, 11) is 2.01. The molecule has 0 aromatic carbocycles. The van der Waals surface area contributed by atoms with Crippen molar-refractivity contribution in [3.05, 3.63) is 0 Å². The minimum Gasteiger partial charge on any atom is -0.373 e. The second-order valence-corrected chi connectivity index (χ2v) is 4.75. The van der Waals surface area contributed by atoms with Gasteiger partial charge < -0.3 is 10.1 Å². The first-order valence-corrected chi connectivity index (χ1v) is 4.83. The van der Waals surface area contributed by atoms with Crippen LogP contribution in [-0.2, 0) is 4.74 Å². The molecule has 13 heavy (non-hydrogen) atoms. The van der Waals surface area contributed by atoms with E-state index in [4.69, 9.17) is 4.74 Å². The number of halogens is 1. The Morgan fingerprint density at radius 2 is 1.85 bits per heavy atom. The summed E-state index contributed by atoms with van der Waals surface area (Å²) < 4.78 is 5.82. The molecule has 0 aromatic heterocycles. The van der Waals surface area contributed by atoms with Crippen LogP contribution >= 0.6 is 12.4 Å². The Kier molecular flexibility index (Phi) is 5.26. The van der Waals surface area contributed by atoms with Crippen molar-refractivity contribution in [2.75, 3.05) is 13.6 Å². The smallest absolute Gasteiger partial charge is 0.0602 e. The van der Waals surface area contributed by atoms with Crippen LogP contribution in [0.2, 0.25) is 0 Å². The lowest BCUT2D eigenvalue weighted by atomic mass is 9.82. The van der Waals surface area contributed by atoms with E-state index in [0.29, 0.717) is 6.10 Å². The number of hydrogen-bond donors (Lipinski definition) is 1. The molecule has 1 fully saturated rings. The van der Waals surface area contributed by atoms with Crippen molar-refractivity contribution >= 4 is 12.4 Å². The van der Waals surface area contributed by atoms with Crippen molar-refractivity contribution in [3.63, 3.8) is 0 Å². The van der Waals surface area contributed by atoms with Gasteiger partial charge in [0.1, 0.15) is 0 Å². The summed E-state index contributed by atoms with van der Waals surface area (Å²) in [6.45, 7) is 7.51. The second kappa shape index (κ2) is 5.18. The minimum absolute atomic E-state index is 0. The Bertz CT molecular complexity index is 138. The van der Waals surface area contributed by atoms with Crippen LogP contribution in [-0.4, -0.2) is 25.3 Å². The van der Waals surface area contributed by atoms with Gasteiger partial charge in [-0.05, 0) is 53.1 Å². The van der Waals surface area contributed by atoms with Crippen LogP contribution in [0.5, 0.6) is 0 Å². The Morgan fingerprint density at radius 3 is 2.23 bits per heavy atom. The van der Waals surface area contributed by atoms with Crippen LogP contribution in [0.4, 0.5) is 0 Å². The fraction of sp³-hybridized carbons (Fsp3) is 1.00. The summed E-state index contributed by atoms with van der Waals surface area (Å²) in [6, 6.07) is 0. The summed E-state index contributed by atoms with van der Waals surface area (Å²) in [4.78, 5) is 0. The monoisotopic (exact) mass is 207 g/mol. The van der Waals surface area contributed by atoms with Crippen molar-refractivity contribution in [1.82, 2.24) is 5.32 Å². The van der Waals surface area contributed by atoms with Crippen LogP contribution in [0.25, 0.3) is 0 Å². The summed E-state index contributed by atoms with van der Waals surface area (Å²) in [5, 5.41) is 3.20. The summed E-state index contributed by atoms with van der Waals surface area (Å²) in [6.07, 6.45) is 2.99. The molecule has 2 nitrogen and oxygen atoms in total. The van der Waals surface area contributed by atoms with Crippen molar-refractivity contribution in [1.29, 1.82) is 0 Å². The SMILES string of the molecule is CNCC1CC(OC(C)(C)C)C1.Cl. The van der Waals surface area contributed by atoms with E-state index in [0.717, 1.165) is 12.5 Å². The third-order valence-corrected chi connectivity index (χ3v) is 2.21. The largest absolute Gasteiger partial charge is 0.373 e. The van der Waals surface area contributed by atoms with Gasteiger partial charge in [-0.2, -0.15) is 0 Å². The topological polar surface area (TPSA) is 21.3 Å². The molecule has 1 N–H and O–H groups in total. The number of nitrogens with one attached hydrogen (secondary N) is 1. The van der Waals surface area contributed by atoms with Gasteiger partial charge in [-0.25, -0.2) is 0 Å². The highest BCUT2D eigenvalue weighted by molar-refractivity contribution is 5.85. The molecule has 0 amide bonds. The zero-order valence-corrected chi connectivity index (χ0v) is 9.91. The molecule has 0 aromatic rings. The molecule has 0 heterocycles. The first kappa shape index (κ1) is 13.2. The van der Waals surface area contributed by atoms with Crippen LogP contribution < -0.4 is 5.32 Å². The normalized spacial score (nSPS) is 27.7. The van der Waals surface area contributed by atoms with E-state index in [-0.39, 0.29) is 18.0 Å². The van der Waals surface area contributed by atoms with Gasteiger partial charge >= 0.3 is 0 Å². The van der Waals surface area contributed by atoms with E-state index in [2.05, 4.69) is 26.1 Å². The number of hydrogen-bond acceptors (Lipinski definition) is 2. The summed E-state index contributed by atoms with van der Waals surface area (Å²) in [5.41, 5.74) is 0.0370. The molecule has 3 heteroatoms. The van der Waals surface area contributed by atoms with Gasteiger partial charge in [0, 0.05) is 0 Å². The van der Waals surface area contributed by atoms with Gasteiger partial charge in [0.15, 0.2) is 0 Å². The van der Waals surface area contributed by atoms with Crippen molar-refractivity contribution in [3.8, 4) is 0 Å². The lowest BCUT2D eigenvalue weighted by Crippen LogP contribution is -2.40. The standard InChI is InChI=1S/C10H21NO.ClH/c1-10(2,3)12-9-5-8(6-9)7-11-4;/h8-9,11H,5-7H2,1-4H3;1H. The van der Waals surface area contributed by atoms with E-state index in [1.807, 2.05) is 7.05 Å². The fourth-order valence-electron chi connectivity index (χ4n) is 1.73. The molecule has 80 valence electrons. The van der Waals surface area contributed by atoms with Gasteiger partial charge in [0.25, 0.3) is 0 Å². The maximum Gasteiger partial charge on any atom is 0.0602 e. The molecule has 0 unspecified atom stereocenters. The molecular weight excluding hydrogens is 186 g/mol. The summed E-state index contributed by atoms with van der Waals surface area (Å²) >= 11 is 0. The molecule has 0 radical (unpaired) electrons. The minimum atomic E-state index is 0. The predicted molar refractivity (Wildman–Crippen MR) is 58.5 cm³/mol. The van der Waals surface area contributed by atoms with E-state index in [1.165, 1.54) is 12.8 Å². The van der Waals surface area contributed by atoms with Crippen molar-refractivity contribution in [2.45, 2.75) is 45.3 Å². The van der Waals surface area contributed by atoms with E-state index in [1.54, 1.807) is 0 Å². The quantitative estimate of drug-likeness (QED) is 0.767.